The number of hydrogen-bond acceptors (Lipinski definition) is 2. The summed E-state index contributed by atoms with van der Waals surface area (Å²) in [6.07, 6.45) is -4.68. The Labute approximate surface area is 130 Å². The standard InChI is InChI=1S/C15H13F4NO2S/c16-10-5-7-11(8-6-10)23(21,22)14(9-20)12-3-1-2-4-13(12)15(17,18)19/h1-8,14H,9,20H2/p+1/t14-/m1/s1. The molecule has 2 rings (SSSR count). The largest absolute Gasteiger partial charge is 0.416 e. The van der Waals surface area contributed by atoms with Gasteiger partial charge in [-0.15, -0.1) is 0 Å². The van der Waals surface area contributed by atoms with Gasteiger partial charge in [-0.1, -0.05) is 18.2 Å². The lowest BCUT2D eigenvalue weighted by Gasteiger charge is -2.19. The predicted molar refractivity (Wildman–Crippen MR) is 75.5 cm³/mol. The maximum atomic E-state index is 13.1. The van der Waals surface area contributed by atoms with Gasteiger partial charge in [0.1, 0.15) is 11.1 Å². The average molecular weight is 348 g/mol. The van der Waals surface area contributed by atoms with E-state index in [0.717, 1.165) is 36.4 Å². The van der Waals surface area contributed by atoms with Gasteiger partial charge in [-0.3, -0.25) is 0 Å². The number of quaternary nitrogens is 1. The lowest BCUT2D eigenvalue weighted by molar-refractivity contribution is -0.367. The molecule has 0 unspecified atom stereocenters. The molecule has 0 aromatic heterocycles. The Morgan fingerprint density at radius 1 is 1.00 bits per heavy atom. The molecule has 3 N–H and O–H groups in total. The minimum Gasteiger partial charge on any atom is -0.356 e. The van der Waals surface area contributed by atoms with Gasteiger partial charge in [-0.05, 0) is 35.9 Å². The highest BCUT2D eigenvalue weighted by Gasteiger charge is 2.39. The molecule has 3 nitrogen and oxygen atoms in total. The van der Waals surface area contributed by atoms with E-state index >= 15 is 0 Å². The molecule has 23 heavy (non-hydrogen) atoms. The monoisotopic (exact) mass is 348 g/mol. The van der Waals surface area contributed by atoms with Crippen LogP contribution >= 0.6 is 0 Å². The molecule has 0 aliphatic rings. The van der Waals surface area contributed by atoms with E-state index in [0.29, 0.717) is 0 Å². The van der Waals surface area contributed by atoms with E-state index < -0.39 is 32.6 Å². The Balaban J connectivity index is 2.59. The number of sulfone groups is 1. The highest BCUT2D eigenvalue weighted by Crippen LogP contribution is 2.38. The summed E-state index contributed by atoms with van der Waals surface area (Å²) in [5, 5.41) is -1.47. The Morgan fingerprint density at radius 3 is 2.09 bits per heavy atom. The fourth-order valence-corrected chi connectivity index (χ4v) is 4.00. The lowest BCUT2D eigenvalue weighted by Crippen LogP contribution is -2.54. The molecule has 0 aliphatic carbocycles. The van der Waals surface area contributed by atoms with Crippen molar-refractivity contribution in [3.63, 3.8) is 0 Å². The smallest absolute Gasteiger partial charge is 0.356 e. The van der Waals surface area contributed by atoms with Crippen LogP contribution in [-0.4, -0.2) is 15.0 Å². The van der Waals surface area contributed by atoms with Crippen LogP contribution in [0.3, 0.4) is 0 Å². The van der Waals surface area contributed by atoms with Crippen molar-refractivity contribution in [1.29, 1.82) is 0 Å². The van der Waals surface area contributed by atoms with Gasteiger partial charge >= 0.3 is 6.18 Å². The molecule has 0 aliphatic heterocycles. The SMILES string of the molecule is [NH3+]C[C@H](c1ccccc1C(F)(F)F)S(=O)(=O)c1ccc(F)cc1. The van der Waals surface area contributed by atoms with Crippen LogP contribution in [0.5, 0.6) is 0 Å². The molecule has 0 saturated carbocycles. The summed E-state index contributed by atoms with van der Waals surface area (Å²) in [5.41, 5.74) is 2.10. The van der Waals surface area contributed by atoms with E-state index in [2.05, 4.69) is 5.73 Å². The molecule has 0 heterocycles. The molecule has 0 radical (unpaired) electrons. The molecule has 0 spiro atoms. The minimum atomic E-state index is -4.68. The van der Waals surface area contributed by atoms with Gasteiger partial charge in [0, 0.05) is 0 Å². The number of alkyl halides is 3. The molecular formula is C15H14F4NO2S+. The summed E-state index contributed by atoms with van der Waals surface area (Å²) in [7, 11) is -4.13. The van der Waals surface area contributed by atoms with Crippen molar-refractivity contribution in [2.75, 3.05) is 6.54 Å². The molecular weight excluding hydrogens is 334 g/mol. The average Bonchev–Trinajstić information content (AvgIpc) is 2.47. The molecule has 1 atom stereocenters. The first-order valence-corrected chi connectivity index (χ1v) is 8.17. The molecule has 8 heteroatoms. The van der Waals surface area contributed by atoms with Crippen LogP contribution in [-0.2, 0) is 16.0 Å². The van der Waals surface area contributed by atoms with Gasteiger partial charge in [-0.25, -0.2) is 12.8 Å². The number of hydrogen-bond donors (Lipinski definition) is 1. The second-order valence-electron chi connectivity index (χ2n) is 4.86. The second kappa shape index (κ2) is 6.29. The van der Waals surface area contributed by atoms with Crippen molar-refractivity contribution in [3.05, 3.63) is 65.5 Å². The van der Waals surface area contributed by atoms with Gasteiger partial charge in [-0.2, -0.15) is 13.2 Å². The van der Waals surface area contributed by atoms with Crippen molar-refractivity contribution in [2.45, 2.75) is 16.3 Å². The van der Waals surface area contributed by atoms with Crippen LogP contribution in [0.2, 0.25) is 0 Å². The Morgan fingerprint density at radius 2 is 1.57 bits per heavy atom. The first-order chi connectivity index (χ1) is 10.7. The van der Waals surface area contributed by atoms with E-state index in [1.807, 2.05) is 0 Å². The summed E-state index contributed by atoms with van der Waals surface area (Å²) in [4.78, 5) is -0.246. The van der Waals surface area contributed by atoms with Crippen LogP contribution in [0.1, 0.15) is 16.4 Å². The zero-order valence-electron chi connectivity index (χ0n) is 11.8. The first-order valence-electron chi connectivity index (χ1n) is 6.62. The summed E-state index contributed by atoms with van der Waals surface area (Å²) >= 11 is 0. The van der Waals surface area contributed by atoms with Crippen LogP contribution in [0, 0.1) is 5.82 Å². The highest BCUT2D eigenvalue weighted by molar-refractivity contribution is 7.91. The quantitative estimate of drug-likeness (QED) is 0.682. The third-order valence-electron chi connectivity index (χ3n) is 3.39. The van der Waals surface area contributed by atoms with Crippen molar-refractivity contribution in [1.82, 2.24) is 0 Å². The normalized spacial score (nSPS) is 13.8. The highest BCUT2D eigenvalue weighted by atomic mass is 32.2. The molecule has 2 aromatic carbocycles. The number of rotatable bonds is 4. The Hall–Kier alpha value is -1.93. The first kappa shape index (κ1) is 17.4. The maximum Gasteiger partial charge on any atom is 0.416 e. The zero-order chi connectivity index (χ0) is 17.3. The fourth-order valence-electron chi connectivity index (χ4n) is 2.30. The van der Waals surface area contributed by atoms with Gasteiger partial charge in [0.15, 0.2) is 9.84 Å². The third-order valence-corrected chi connectivity index (χ3v) is 5.56. The summed E-state index contributed by atoms with van der Waals surface area (Å²) in [6.45, 7) is -0.285. The van der Waals surface area contributed by atoms with Crippen molar-refractivity contribution < 1.29 is 31.7 Å². The van der Waals surface area contributed by atoms with Crippen LogP contribution in [0.15, 0.2) is 53.4 Å². The maximum absolute atomic E-state index is 13.1. The van der Waals surface area contributed by atoms with E-state index in [4.69, 9.17) is 0 Å². The van der Waals surface area contributed by atoms with Crippen LogP contribution in [0.4, 0.5) is 17.6 Å². The summed E-state index contributed by atoms with van der Waals surface area (Å²) in [6, 6.07) is 8.45. The van der Waals surface area contributed by atoms with E-state index in [-0.39, 0.29) is 17.0 Å². The minimum absolute atomic E-state index is 0.246. The summed E-state index contributed by atoms with van der Waals surface area (Å²) in [5.74, 6) is -0.634. The summed E-state index contributed by atoms with van der Waals surface area (Å²) < 4.78 is 77.6. The molecule has 0 saturated heterocycles. The molecule has 124 valence electrons. The van der Waals surface area contributed by atoms with E-state index in [1.54, 1.807) is 0 Å². The predicted octanol–water partition coefficient (Wildman–Crippen LogP) is 2.60. The zero-order valence-corrected chi connectivity index (χ0v) is 12.7. The van der Waals surface area contributed by atoms with Gasteiger partial charge in [0.25, 0.3) is 0 Å². The van der Waals surface area contributed by atoms with Crippen LogP contribution < -0.4 is 5.73 Å². The van der Waals surface area contributed by atoms with Crippen molar-refractivity contribution in [2.24, 2.45) is 0 Å². The Kier molecular flexibility index (Phi) is 4.76. The lowest BCUT2D eigenvalue weighted by atomic mass is 10.0. The van der Waals surface area contributed by atoms with Gasteiger partial charge in [0.05, 0.1) is 17.0 Å². The van der Waals surface area contributed by atoms with Gasteiger partial charge in [0.2, 0.25) is 0 Å². The number of benzene rings is 2. The molecule has 0 fully saturated rings. The Bertz CT molecular complexity index is 786. The van der Waals surface area contributed by atoms with Crippen LogP contribution in [0.25, 0.3) is 0 Å². The molecule has 0 amide bonds. The second-order valence-corrected chi connectivity index (χ2v) is 6.99. The number of halogens is 4. The van der Waals surface area contributed by atoms with Gasteiger partial charge < -0.3 is 5.73 Å². The van der Waals surface area contributed by atoms with Crippen molar-refractivity contribution in [3.8, 4) is 0 Å². The van der Waals surface area contributed by atoms with E-state index in [1.165, 1.54) is 12.1 Å². The topological polar surface area (TPSA) is 61.8 Å². The van der Waals surface area contributed by atoms with E-state index in [9.17, 15) is 26.0 Å². The molecule has 2 aromatic rings. The third kappa shape index (κ3) is 3.53. The fraction of sp³-hybridized carbons (Fsp3) is 0.200. The van der Waals surface area contributed by atoms with Crippen molar-refractivity contribution >= 4 is 9.84 Å². The molecule has 0 bridgehead atoms.